The van der Waals surface area contributed by atoms with E-state index in [1.165, 1.54) is 11.3 Å². The minimum atomic E-state index is -0.0944. The maximum absolute atomic E-state index is 13.1. The number of aromatic nitrogens is 2. The van der Waals surface area contributed by atoms with E-state index in [0.29, 0.717) is 23.8 Å². The molecule has 1 saturated heterocycles. The number of hydrogen-bond donors (Lipinski definition) is 1. The first-order chi connectivity index (χ1) is 15.9. The zero-order valence-corrected chi connectivity index (χ0v) is 19.6. The second-order valence-corrected chi connectivity index (χ2v) is 9.94. The monoisotopic (exact) mass is 441 g/mol. The first kappa shape index (κ1) is 21.4. The second-order valence-electron chi connectivity index (χ2n) is 9.94. The summed E-state index contributed by atoms with van der Waals surface area (Å²) in [6.45, 7) is 9.85. The van der Waals surface area contributed by atoms with Gasteiger partial charge in [0.05, 0.1) is 11.3 Å². The van der Waals surface area contributed by atoms with Gasteiger partial charge in [-0.15, -0.1) is 0 Å². The van der Waals surface area contributed by atoms with Gasteiger partial charge in [-0.1, -0.05) is 49.7 Å². The number of nitrogens with one attached hydrogen (secondary N) is 1. The Labute approximate surface area is 195 Å². The van der Waals surface area contributed by atoms with Crippen molar-refractivity contribution in [3.8, 4) is 0 Å². The molecule has 170 valence electrons. The van der Waals surface area contributed by atoms with E-state index in [1.54, 1.807) is 0 Å². The number of benzene rings is 2. The number of fused-ring (bicyclic) bond motifs is 1. The standard InChI is InChI=1S/C27H31N5O/c1-19-9-11-20(12-10-19)28-25-24-22(17-27(2,3)18-23(24)33)29-26(30-25)32-15-13-31(14-16-32)21-7-5-4-6-8-21/h4-12H,13-18H2,1-3H3,(H,28,29,30). The normalized spacial score (nSPS) is 17.6. The molecule has 2 aromatic carbocycles. The van der Waals surface area contributed by atoms with E-state index in [1.807, 2.05) is 18.2 Å². The van der Waals surface area contributed by atoms with E-state index in [0.717, 1.165) is 44.0 Å². The highest BCUT2D eigenvalue weighted by atomic mass is 16.1. The molecule has 0 unspecified atom stereocenters. The molecule has 6 heteroatoms. The number of carbonyl (C=O) groups excluding carboxylic acids is 1. The van der Waals surface area contributed by atoms with Gasteiger partial charge in [0.25, 0.3) is 0 Å². The number of hydrogen-bond acceptors (Lipinski definition) is 6. The van der Waals surface area contributed by atoms with Crippen molar-refractivity contribution in [1.82, 2.24) is 9.97 Å². The number of nitrogens with zero attached hydrogens (tertiary/aromatic N) is 4. The highest BCUT2D eigenvalue weighted by Crippen LogP contribution is 2.38. The van der Waals surface area contributed by atoms with E-state index in [-0.39, 0.29) is 11.2 Å². The molecule has 6 nitrogen and oxygen atoms in total. The molecule has 0 amide bonds. The van der Waals surface area contributed by atoms with Gasteiger partial charge in [-0.3, -0.25) is 4.79 Å². The van der Waals surface area contributed by atoms with Gasteiger partial charge in [-0.05, 0) is 43.0 Å². The lowest BCUT2D eigenvalue weighted by Gasteiger charge is -2.37. The average molecular weight is 442 g/mol. The maximum atomic E-state index is 13.1. The fraction of sp³-hybridized carbons (Fsp3) is 0.370. The lowest BCUT2D eigenvalue weighted by Crippen LogP contribution is -2.47. The largest absolute Gasteiger partial charge is 0.368 e. The van der Waals surface area contributed by atoms with Crippen molar-refractivity contribution in [3.63, 3.8) is 0 Å². The second kappa shape index (κ2) is 8.50. The van der Waals surface area contributed by atoms with Crippen LogP contribution in [0.15, 0.2) is 54.6 Å². The number of Topliss-reactive ketones (excluding diaryl/α,β-unsaturated/α-hetero) is 1. The van der Waals surface area contributed by atoms with Crippen LogP contribution in [0.25, 0.3) is 0 Å². The Bertz CT molecular complexity index is 1150. The third kappa shape index (κ3) is 4.56. The van der Waals surface area contributed by atoms with Crippen LogP contribution in [0.3, 0.4) is 0 Å². The summed E-state index contributed by atoms with van der Waals surface area (Å²) >= 11 is 0. The molecule has 3 aromatic rings. The Morgan fingerprint density at radius 3 is 2.21 bits per heavy atom. The Hall–Kier alpha value is -3.41. The fourth-order valence-corrected chi connectivity index (χ4v) is 4.76. The topological polar surface area (TPSA) is 61.4 Å². The summed E-state index contributed by atoms with van der Waals surface area (Å²) in [7, 11) is 0. The minimum Gasteiger partial charge on any atom is -0.368 e. The molecule has 0 spiro atoms. The predicted molar refractivity (Wildman–Crippen MR) is 134 cm³/mol. The quantitative estimate of drug-likeness (QED) is 0.614. The van der Waals surface area contributed by atoms with E-state index in [2.05, 4.69) is 72.3 Å². The average Bonchev–Trinajstić information content (AvgIpc) is 2.80. The van der Waals surface area contributed by atoms with Gasteiger partial charge in [0.2, 0.25) is 5.95 Å². The highest BCUT2D eigenvalue weighted by molar-refractivity contribution is 6.03. The summed E-state index contributed by atoms with van der Waals surface area (Å²) in [4.78, 5) is 27.6. The van der Waals surface area contributed by atoms with Gasteiger partial charge in [-0.25, -0.2) is 4.98 Å². The van der Waals surface area contributed by atoms with Gasteiger partial charge < -0.3 is 15.1 Å². The summed E-state index contributed by atoms with van der Waals surface area (Å²) in [5, 5.41) is 3.42. The number of rotatable bonds is 4. The third-order valence-electron chi connectivity index (χ3n) is 6.53. The third-order valence-corrected chi connectivity index (χ3v) is 6.53. The fourth-order valence-electron chi connectivity index (χ4n) is 4.76. The van der Waals surface area contributed by atoms with Gasteiger partial charge in [0.15, 0.2) is 5.78 Å². The Balaban J connectivity index is 1.45. The van der Waals surface area contributed by atoms with Crippen molar-refractivity contribution < 1.29 is 4.79 Å². The summed E-state index contributed by atoms with van der Waals surface area (Å²) in [5.41, 5.74) is 4.79. The SMILES string of the molecule is Cc1ccc(Nc2nc(N3CCN(c4ccccc4)CC3)nc3c2C(=O)CC(C)(C)C3)cc1. The summed E-state index contributed by atoms with van der Waals surface area (Å²) in [6, 6.07) is 18.7. The van der Waals surface area contributed by atoms with Crippen molar-refractivity contribution >= 4 is 28.9 Å². The minimum absolute atomic E-state index is 0.0944. The van der Waals surface area contributed by atoms with E-state index < -0.39 is 0 Å². The van der Waals surface area contributed by atoms with Crippen LogP contribution in [0.5, 0.6) is 0 Å². The zero-order chi connectivity index (χ0) is 23.0. The first-order valence-corrected chi connectivity index (χ1v) is 11.7. The maximum Gasteiger partial charge on any atom is 0.227 e. The lowest BCUT2D eigenvalue weighted by molar-refractivity contribution is 0.0911. The molecule has 2 heterocycles. The molecule has 0 atom stereocenters. The van der Waals surface area contributed by atoms with Crippen LogP contribution >= 0.6 is 0 Å². The molecule has 1 aliphatic heterocycles. The molecular weight excluding hydrogens is 410 g/mol. The molecule has 1 aromatic heterocycles. The van der Waals surface area contributed by atoms with E-state index in [9.17, 15) is 4.79 Å². The number of anilines is 4. The summed E-state index contributed by atoms with van der Waals surface area (Å²) < 4.78 is 0. The van der Waals surface area contributed by atoms with E-state index >= 15 is 0 Å². The number of aryl methyl sites for hydroxylation is 1. The molecule has 1 aliphatic carbocycles. The van der Waals surface area contributed by atoms with Crippen molar-refractivity contribution in [2.45, 2.75) is 33.6 Å². The number of piperazine rings is 1. The van der Waals surface area contributed by atoms with Gasteiger partial charge in [-0.2, -0.15) is 4.98 Å². The molecule has 0 saturated carbocycles. The Morgan fingerprint density at radius 2 is 1.52 bits per heavy atom. The Morgan fingerprint density at radius 1 is 0.848 bits per heavy atom. The van der Waals surface area contributed by atoms with Crippen LogP contribution in [-0.4, -0.2) is 41.9 Å². The molecule has 1 N–H and O–H groups in total. The van der Waals surface area contributed by atoms with Crippen LogP contribution < -0.4 is 15.1 Å². The van der Waals surface area contributed by atoms with Crippen LogP contribution in [0.4, 0.5) is 23.1 Å². The molecule has 0 bridgehead atoms. The van der Waals surface area contributed by atoms with Crippen molar-refractivity contribution in [3.05, 3.63) is 71.4 Å². The highest BCUT2D eigenvalue weighted by Gasteiger charge is 2.35. The van der Waals surface area contributed by atoms with Crippen LogP contribution in [0.2, 0.25) is 0 Å². The Kier molecular flexibility index (Phi) is 5.52. The smallest absolute Gasteiger partial charge is 0.227 e. The summed E-state index contributed by atoms with van der Waals surface area (Å²) in [6.07, 6.45) is 1.29. The molecule has 5 rings (SSSR count). The van der Waals surface area contributed by atoms with Crippen molar-refractivity contribution in [2.75, 3.05) is 41.3 Å². The summed E-state index contributed by atoms with van der Waals surface area (Å²) in [5.74, 6) is 1.46. The molecule has 0 radical (unpaired) electrons. The van der Waals surface area contributed by atoms with Crippen LogP contribution in [-0.2, 0) is 6.42 Å². The van der Waals surface area contributed by atoms with Gasteiger partial charge >= 0.3 is 0 Å². The van der Waals surface area contributed by atoms with Gasteiger partial charge in [0, 0.05) is 44.0 Å². The van der Waals surface area contributed by atoms with Crippen molar-refractivity contribution in [2.24, 2.45) is 5.41 Å². The zero-order valence-electron chi connectivity index (χ0n) is 19.6. The predicted octanol–water partition coefficient (Wildman–Crippen LogP) is 5.01. The molecular formula is C27H31N5O. The van der Waals surface area contributed by atoms with Gasteiger partial charge in [0.1, 0.15) is 5.82 Å². The van der Waals surface area contributed by atoms with Crippen LogP contribution in [0.1, 0.15) is 41.9 Å². The molecule has 33 heavy (non-hydrogen) atoms. The number of para-hydroxylation sites is 1. The number of ketones is 1. The van der Waals surface area contributed by atoms with Crippen molar-refractivity contribution in [1.29, 1.82) is 0 Å². The number of carbonyl (C=O) groups is 1. The van der Waals surface area contributed by atoms with E-state index in [4.69, 9.17) is 9.97 Å². The lowest BCUT2D eigenvalue weighted by atomic mass is 9.75. The molecule has 1 fully saturated rings. The molecule has 2 aliphatic rings. The first-order valence-electron chi connectivity index (χ1n) is 11.7. The van der Waals surface area contributed by atoms with Crippen LogP contribution in [0, 0.1) is 12.3 Å².